The minimum Gasteiger partial charge on any atom is -0.477 e. The highest BCUT2D eigenvalue weighted by Crippen LogP contribution is 2.42. The van der Waals surface area contributed by atoms with E-state index < -0.39 is 273 Å². The van der Waals surface area contributed by atoms with E-state index in [1.54, 1.807) is 0 Å². The molecule has 0 saturated carbocycles. The summed E-state index contributed by atoms with van der Waals surface area (Å²) in [5, 5.41) is 216. The Morgan fingerprint density at radius 1 is 0.459 bits per heavy atom. The molecule has 7 aliphatic heterocycles. The van der Waals surface area contributed by atoms with Gasteiger partial charge in [0, 0.05) is 39.1 Å². The zero-order valence-electron chi connectivity index (χ0n) is 46.5. The molecule has 0 aliphatic carbocycles. The molecule has 0 spiro atoms. The summed E-state index contributed by atoms with van der Waals surface area (Å²) in [6.07, 6.45) is -58.9. The van der Waals surface area contributed by atoms with Crippen molar-refractivity contribution in [2.45, 2.75) is 229 Å². The lowest BCUT2D eigenvalue weighted by Crippen LogP contribution is -2.68. The molecule has 0 aromatic heterocycles. The first kappa shape index (κ1) is 70.6. The van der Waals surface area contributed by atoms with Gasteiger partial charge in [-0.1, -0.05) is 13.8 Å². The van der Waals surface area contributed by atoms with Gasteiger partial charge in [-0.3, -0.25) is 0 Å². The Kier molecular flexibility index (Phi) is 25.3. The van der Waals surface area contributed by atoms with E-state index in [1.165, 1.54) is 13.8 Å². The van der Waals surface area contributed by atoms with E-state index in [0.29, 0.717) is 0 Å². The Bertz CT molecular complexity index is 2040. The Labute approximate surface area is 484 Å². The number of rotatable bonds is 24. The van der Waals surface area contributed by atoms with E-state index >= 15 is 0 Å². The number of aliphatic hydroxyl groups excluding tert-OH is 19. The van der Waals surface area contributed by atoms with E-state index in [1.807, 2.05) is 0 Å². The third kappa shape index (κ3) is 14.7. The molecule has 0 aromatic rings. The fourth-order valence-electron chi connectivity index (χ4n) is 11.5. The molecule has 496 valence electrons. The normalized spacial score (nSPS) is 50.4. The summed E-state index contributed by atoms with van der Waals surface area (Å²) in [7, 11) is 2.26. The number of carbonyl (C=O) groups is 1. The lowest BCUT2D eigenvalue weighted by atomic mass is 9.85. The van der Waals surface area contributed by atoms with Crippen molar-refractivity contribution in [1.29, 1.82) is 0 Å². The fraction of sp³-hybridized carbons (Fsp3) is 0.980. The van der Waals surface area contributed by atoms with Crippen molar-refractivity contribution in [3.63, 3.8) is 0 Å². The van der Waals surface area contributed by atoms with Crippen LogP contribution in [0.5, 0.6) is 0 Å². The van der Waals surface area contributed by atoms with Gasteiger partial charge < -0.3 is 173 Å². The summed E-state index contributed by atoms with van der Waals surface area (Å²) < 4.78 is 86.6. The summed E-state index contributed by atoms with van der Waals surface area (Å²) in [6.45, 7) is -3.17. The van der Waals surface area contributed by atoms with Crippen LogP contribution in [-0.4, -0.2) is 371 Å². The summed E-state index contributed by atoms with van der Waals surface area (Å²) >= 11 is 0. The van der Waals surface area contributed by atoms with Gasteiger partial charge in [0.1, 0.15) is 134 Å². The van der Waals surface area contributed by atoms with Crippen LogP contribution in [0.3, 0.4) is 0 Å². The standard InChI is InChI=1S/C49H84O36/c1-14-17(57)7-49(48(69)70,84-35(14)16(56)5-6-50)85-40-26(60)19(9-52)75-46(33(40)67)80-37-20(10-53)76-42(15(2)24(37)58)73-13-23-36(71-3)28(62)32(66)45(79-23)82-39-22(12-55)78-47(81-38-21(11-54)77-43(72-4)31(65)29(38)63)34(68)41(39)83-44-30(64)27(61)25(59)18(8-51)74-44/h14-47,50-68H,5-13H2,1-4H3,(H,69,70). The minimum absolute atomic E-state index is 0.298. The van der Waals surface area contributed by atoms with Gasteiger partial charge in [-0.15, -0.1) is 0 Å². The molecule has 0 radical (unpaired) electrons. The molecule has 0 aromatic carbocycles. The molecule has 0 bridgehead atoms. The van der Waals surface area contributed by atoms with E-state index in [9.17, 15) is 107 Å². The first-order valence-corrected chi connectivity index (χ1v) is 27.6. The third-order valence-electron chi connectivity index (χ3n) is 16.6. The Balaban J connectivity index is 1.07. The maximum atomic E-state index is 12.9. The SMILES string of the molecule is COC1OC(CO)C(OC2OC(CO)C(OC3OC(COC4OC(CO)C(OC5OC(CO)C(O)C(OC6(C(=O)O)CC(O)C(C)C(C(O)CCO)O6)C5O)C(O)C4C)C(OC)C(O)C3O)C(OC3OC(CO)C(O)C(O)C3O)C2O)C(O)C1O. The van der Waals surface area contributed by atoms with Crippen LogP contribution in [0.15, 0.2) is 0 Å². The Morgan fingerprint density at radius 3 is 1.44 bits per heavy atom. The highest BCUT2D eigenvalue weighted by Gasteiger charge is 2.61. The van der Waals surface area contributed by atoms with Crippen LogP contribution < -0.4 is 0 Å². The number of aliphatic carboxylic acids is 1. The quantitative estimate of drug-likeness (QED) is 0.0427. The van der Waals surface area contributed by atoms with Gasteiger partial charge in [0.2, 0.25) is 0 Å². The number of carboxylic acid groups (broad SMARTS) is 1. The number of carboxylic acids is 1. The maximum Gasteiger partial charge on any atom is 0.364 e. The molecule has 0 amide bonds. The molecular weight excluding hydrogens is 1160 g/mol. The van der Waals surface area contributed by atoms with Crippen molar-refractivity contribution in [1.82, 2.24) is 0 Å². The Morgan fingerprint density at radius 2 is 0.894 bits per heavy atom. The second kappa shape index (κ2) is 30.5. The van der Waals surface area contributed by atoms with E-state index in [4.69, 9.17) is 71.1 Å². The monoisotopic (exact) mass is 1250 g/mol. The lowest BCUT2D eigenvalue weighted by molar-refractivity contribution is -0.401. The molecule has 7 aliphatic rings. The van der Waals surface area contributed by atoms with Crippen molar-refractivity contribution in [3.8, 4) is 0 Å². The second-order valence-electron chi connectivity index (χ2n) is 22.0. The molecule has 36 heteroatoms. The second-order valence-corrected chi connectivity index (χ2v) is 22.0. The highest BCUT2D eigenvalue weighted by atomic mass is 16.8. The predicted octanol–water partition coefficient (Wildman–Crippen LogP) is -12.2. The van der Waals surface area contributed by atoms with Crippen LogP contribution in [0.25, 0.3) is 0 Å². The first-order chi connectivity index (χ1) is 40.3. The van der Waals surface area contributed by atoms with Crippen molar-refractivity contribution in [2.24, 2.45) is 11.8 Å². The van der Waals surface area contributed by atoms with Crippen LogP contribution in [0.4, 0.5) is 0 Å². The first-order valence-electron chi connectivity index (χ1n) is 27.6. The molecule has 7 rings (SSSR count). The smallest absolute Gasteiger partial charge is 0.364 e. The van der Waals surface area contributed by atoms with E-state index in [-0.39, 0.29) is 6.42 Å². The zero-order valence-corrected chi connectivity index (χ0v) is 46.5. The molecule has 7 heterocycles. The van der Waals surface area contributed by atoms with Crippen LogP contribution >= 0.6 is 0 Å². The topological polar surface area (TPSA) is 560 Å². The van der Waals surface area contributed by atoms with Crippen LogP contribution in [0.1, 0.15) is 26.7 Å². The van der Waals surface area contributed by atoms with Gasteiger partial charge in [0.05, 0.1) is 64.1 Å². The highest BCUT2D eigenvalue weighted by molar-refractivity contribution is 5.76. The summed E-state index contributed by atoms with van der Waals surface area (Å²) in [5.74, 6) is -6.80. The summed E-state index contributed by atoms with van der Waals surface area (Å²) in [5.41, 5.74) is 0. The molecule has 36 nitrogen and oxygen atoms in total. The largest absolute Gasteiger partial charge is 0.477 e. The molecule has 7 saturated heterocycles. The minimum atomic E-state index is -2.86. The van der Waals surface area contributed by atoms with Gasteiger partial charge in [0.15, 0.2) is 37.7 Å². The third-order valence-corrected chi connectivity index (χ3v) is 16.6. The molecule has 35 unspecified atom stereocenters. The van der Waals surface area contributed by atoms with E-state index in [0.717, 1.165) is 14.2 Å². The van der Waals surface area contributed by atoms with Crippen molar-refractivity contribution in [3.05, 3.63) is 0 Å². The fourth-order valence-corrected chi connectivity index (χ4v) is 11.5. The molecule has 85 heavy (non-hydrogen) atoms. The van der Waals surface area contributed by atoms with Gasteiger partial charge in [0.25, 0.3) is 5.79 Å². The number of methoxy groups -OCH3 is 2. The summed E-state index contributed by atoms with van der Waals surface area (Å²) in [4.78, 5) is 12.9. The van der Waals surface area contributed by atoms with Gasteiger partial charge in [-0.2, -0.15) is 0 Å². The van der Waals surface area contributed by atoms with Gasteiger partial charge in [-0.25, -0.2) is 4.79 Å². The van der Waals surface area contributed by atoms with Crippen molar-refractivity contribution < 1.29 is 178 Å². The molecule has 35 atom stereocenters. The number of hydrogen-bond acceptors (Lipinski definition) is 35. The number of aliphatic hydroxyl groups is 19. The van der Waals surface area contributed by atoms with Crippen LogP contribution in [-0.2, 0) is 75.8 Å². The number of hydrogen-bond donors (Lipinski definition) is 20. The predicted molar refractivity (Wildman–Crippen MR) is 263 cm³/mol. The van der Waals surface area contributed by atoms with Crippen LogP contribution in [0, 0.1) is 11.8 Å². The zero-order chi connectivity index (χ0) is 62.7. The molecule has 7 fully saturated rings. The van der Waals surface area contributed by atoms with Crippen molar-refractivity contribution in [2.75, 3.05) is 60.5 Å². The van der Waals surface area contributed by atoms with Crippen LogP contribution in [0.2, 0.25) is 0 Å². The number of ether oxygens (including phenoxy) is 15. The maximum absolute atomic E-state index is 12.9. The molecular formula is C49H84O36. The Hall–Kier alpha value is -1.89. The molecule has 20 N–H and O–H groups in total. The van der Waals surface area contributed by atoms with E-state index in [2.05, 4.69) is 0 Å². The average Bonchev–Trinajstić information content (AvgIpc) is 2.41. The lowest BCUT2D eigenvalue weighted by Gasteiger charge is -2.50. The summed E-state index contributed by atoms with van der Waals surface area (Å²) in [6, 6.07) is 0. The van der Waals surface area contributed by atoms with Gasteiger partial charge >= 0.3 is 5.97 Å². The van der Waals surface area contributed by atoms with Crippen molar-refractivity contribution >= 4 is 5.97 Å². The van der Waals surface area contributed by atoms with Gasteiger partial charge in [-0.05, 0) is 6.42 Å². The average molecular weight is 1250 g/mol.